The number of hydrogen-bond acceptors (Lipinski definition) is 4. The summed E-state index contributed by atoms with van der Waals surface area (Å²) in [6.45, 7) is 2.93. The van der Waals surface area contributed by atoms with Gasteiger partial charge in [0.2, 0.25) is 0 Å². The summed E-state index contributed by atoms with van der Waals surface area (Å²) in [5.41, 5.74) is 2.21. The molecule has 1 saturated heterocycles. The maximum Gasteiger partial charge on any atom is 0.254 e. The van der Waals surface area contributed by atoms with Gasteiger partial charge in [-0.15, -0.1) is 0 Å². The van der Waals surface area contributed by atoms with Gasteiger partial charge in [0.15, 0.2) is 0 Å². The van der Waals surface area contributed by atoms with Crippen LogP contribution in [0.3, 0.4) is 0 Å². The minimum Gasteiger partial charge on any atom is -0.394 e. The molecule has 0 aromatic heterocycles. The van der Waals surface area contributed by atoms with Crippen LogP contribution in [-0.2, 0) is 4.74 Å². The molecule has 5 nitrogen and oxygen atoms in total. The normalized spacial score (nSPS) is 18.0. The second kappa shape index (κ2) is 7.23. The maximum atomic E-state index is 12.5. The number of hydrogen-bond donors (Lipinski definition) is 2. The van der Waals surface area contributed by atoms with Crippen molar-refractivity contribution in [2.24, 2.45) is 0 Å². The lowest BCUT2D eigenvalue weighted by atomic mass is 10.1. The molecule has 1 fully saturated rings. The van der Waals surface area contributed by atoms with Crippen LogP contribution in [0.4, 0.5) is 0 Å². The lowest BCUT2D eigenvalue weighted by Gasteiger charge is -2.32. The molecule has 1 aliphatic rings. The minimum atomic E-state index is -0.318. The van der Waals surface area contributed by atoms with Crippen molar-refractivity contribution in [1.29, 1.82) is 0 Å². The van der Waals surface area contributed by atoms with Crippen LogP contribution in [0.2, 0.25) is 0 Å². The summed E-state index contributed by atoms with van der Waals surface area (Å²) in [5, 5.41) is 17.9. The largest absolute Gasteiger partial charge is 0.394 e. The number of nitrogens with zero attached hydrogens (tertiary/aromatic N) is 1. The van der Waals surface area contributed by atoms with Gasteiger partial charge in [-0.1, -0.05) is 11.8 Å². The lowest BCUT2D eigenvalue weighted by molar-refractivity contribution is -0.0447. The number of aliphatic hydroxyl groups excluding tert-OH is 2. The van der Waals surface area contributed by atoms with Crippen molar-refractivity contribution >= 4 is 5.91 Å². The molecule has 1 heterocycles. The summed E-state index contributed by atoms with van der Waals surface area (Å²) in [7, 11) is 0. The highest BCUT2D eigenvalue weighted by Crippen LogP contribution is 2.14. The molecular weight excluding hydrogens is 270 g/mol. The highest BCUT2D eigenvalue weighted by molar-refractivity contribution is 5.95. The Morgan fingerprint density at radius 2 is 2.24 bits per heavy atom. The molecule has 1 amide bonds. The van der Waals surface area contributed by atoms with E-state index in [9.17, 15) is 4.79 Å². The first-order chi connectivity index (χ1) is 10.1. The standard InChI is InChI=1S/C16H19NO4/c1-12-7-13(3-2-5-18)9-14(8-12)16(20)17-4-6-21-15(10-17)11-19/h7-9,15,18-19H,4-6,10-11H2,1H3. The summed E-state index contributed by atoms with van der Waals surface area (Å²) in [4.78, 5) is 14.2. The fourth-order valence-electron chi connectivity index (χ4n) is 2.32. The quantitative estimate of drug-likeness (QED) is 0.762. The van der Waals surface area contributed by atoms with E-state index in [1.165, 1.54) is 0 Å². The number of aryl methyl sites for hydroxylation is 1. The molecule has 0 bridgehead atoms. The molecule has 1 aromatic carbocycles. The third-order valence-electron chi connectivity index (χ3n) is 3.27. The van der Waals surface area contributed by atoms with E-state index in [1.54, 1.807) is 11.0 Å². The van der Waals surface area contributed by atoms with Crippen LogP contribution in [-0.4, -0.2) is 60.0 Å². The molecule has 1 unspecified atom stereocenters. The molecule has 0 saturated carbocycles. The lowest BCUT2D eigenvalue weighted by Crippen LogP contribution is -2.46. The number of aliphatic hydroxyl groups is 2. The smallest absolute Gasteiger partial charge is 0.254 e. The van der Waals surface area contributed by atoms with E-state index in [4.69, 9.17) is 14.9 Å². The Hall–Kier alpha value is -1.87. The van der Waals surface area contributed by atoms with Gasteiger partial charge in [0, 0.05) is 24.2 Å². The van der Waals surface area contributed by atoms with E-state index in [-0.39, 0.29) is 25.2 Å². The molecule has 2 N–H and O–H groups in total. The second-order valence-electron chi connectivity index (χ2n) is 4.97. The third-order valence-corrected chi connectivity index (χ3v) is 3.27. The maximum absolute atomic E-state index is 12.5. The van der Waals surface area contributed by atoms with Crippen molar-refractivity contribution in [3.05, 3.63) is 34.9 Å². The summed E-state index contributed by atoms with van der Waals surface area (Å²) in [6.07, 6.45) is -0.318. The number of rotatable bonds is 2. The Labute approximate surface area is 124 Å². The van der Waals surface area contributed by atoms with E-state index in [1.807, 2.05) is 19.1 Å². The molecule has 112 valence electrons. The van der Waals surface area contributed by atoms with Gasteiger partial charge in [-0.25, -0.2) is 0 Å². The van der Waals surface area contributed by atoms with Crippen LogP contribution in [0.1, 0.15) is 21.5 Å². The van der Waals surface area contributed by atoms with Crippen molar-refractivity contribution in [2.75, 3.05) is 32.9 Å². The molecule has 21 heavy (non-hydrogen) atoms. The third kappa shape index (κ3) is 4.05. The van der Waals surface area contributed by atoms with E-state index in [2.05, 4.69) is 11.8 Å². The topological polar surface area (TPSA) is 70.0 Å². The first kappa shape index (κ1) is 15.5. The zero-order valence-corrected chi connectivity index (χ0v) is 12.0. The summed E-state index contributed by atoms with van der Waals surface area (Å²) < 4.78 is 5.35. The van der Waals surface area contributed by atoms with Gasteiger partial charge < -0.3 is 19.8 Å². The molecule has 2 rings (SSSR count). The van der Waals surface area contributed by atoms with Crippen LogP contribution in [0, 0.1) is 18.8 Å². The van der Waals surface area contributed by atoms with Crippen molar-refractivity contribution in [3.8, 4) is 11.8 Å². The van der Waals surface area contributed by atoms with Crippen molar-refractivity contribution in [3.63, 3.8) is 0 Å². The molecule has 0 radical (unpaired) electrons. The SMILES string of the molecule is Cc1cc(C#CCO)cc(C(=O)N2CCOC(CO)C2)c1. The van der Waals surface area contributed by atoms with Crippen LogP contribution >= 0.6 is 0 Å². The number of ether oxygens (including phenoxy) is 1. The predicted octanol–water partition coefficient (Wildman–Crippen LogP) is 0.172. The van der Waals surface area contributed by atoms with Crippen molar-refractivity contribution in [1.82, 2.24) is 4.90 Å². The van der Waals surface area contributed by atoms with Gasteiger partial charge in [0.1, 0.15) is 6.61 Å². The zero-order valence-electron chi connectivity index (χ0n) is 12.0. The van der Waals surface area contributed by atoms with E-state index in [0.29, 0.717) is 30.8 Å². The molecule has 1 aromatic rings. The Kier molecular flexibility index (Phi) is 5.34. The highest BCUT2D eigenvalue weighted by atomic mass is 16.5. The van der Waals surface area contributed by atoms with Gasteiger partial charge in [0.25, 0.3) is 5.91 Å². The molecular formula is C16H19NO4. The average molecular weight is 289 g/mol. The monoisotopic (exact) mass is 289 g/mol. The van der Waals surface area contributed by atoms with Crippen LogP contribution < -0.4 is 0 Å². The van der Waals surface area contributed by atoms with Gasteiger partial charge >= 0.3 is 0 Å². The summed E-state index contributed by atoms with van der Waals surface area (Å²) >= 11 is 0. The summed E-state index contributed by atoms with van der Waals surface area (Å²) in [6, 6.07) is 5.41. The zero-order chi connectivity index (χ0) is 15.2. The molecule has 0 spiro atoms. The van der Waals surface area contributed by atoms with Gasteiger partial charge in [-0.05, 0) is 30.7 Å². The average Bonchev–Trinajstić information content (AvgIpc) is 2.51. The number of morpholine rings is 1. The minimum absolute atomic E-state index is 0.0903. The highest BCUT2D eigenvalue weighted by Gasteiger charge is 2.24. The Morgan fingerprint density at radius 1 is 1.43 bits per heavy atom. The summed E-state index contributed by atoms with van der Waals surface area (Å²) in [5.74, 6) is 5.31. The van der Waals surface area contributed by atoms with Crippen LogP contribution in [0.15, 0.2) is 18.2 Å². The van der Waals surface area contributed by atoms with Crippen molar-refractivity contribution in [2.45, 2.75) is 13.0 Å². The van der Waals surface area contributed by atoms with E-state index >= 15 is 0 Å². The van der Waals surface area contributed by atoms with Crippen LogP contribution in [0.5, 0.6) is 0 Å². The number of benzene rings is 1. The first-order valence-electron chi connectivity index (χ1n) is 6.87. The molecule has 0 aliphatic carbocycles. The molecule has 1 aliphatic heterocycles. The number of carbonyl (C=O) groups is 1. The Morgan fingerprint density at radius 3 is 2.95 bits per heavy atom. The fraction of sp³-hybridized carbons (Fsp3) is 0.438. The van der Waals surface area contributed by atoms with Gasteiger partial charge in [-0.2, -0.15) is 0 Å². The number of amides is 1. The van der Waals surface area contributed by atoms with Crippen molar-refractivity contribution < 1.29 is 19.7 Å². The van der Waals surface area contributed by atoms with E-state index in [0.717, 1.165) is 5.56 Å². The molecule has 1 atom stereocenters. The van der Waals surface area contributed by atoms with E-state index < -0.39 is 0 Å². The predicted molar refractivity (Wildman–Crippen MR) is 77.9 cm³/mol. The molecule has 5 heteroatoms. The second-order valence-corrected chi connectivity index (χ2v) is 4.97. The fourth-order valence-corrected chi connectivity index (χ4v) is 2.32. The first-order valence-corrected chi connectivity index (χ1v) is 6.87. The number of carbonyl (C=O) groups excluding carboxylic acids is 1. The van der Waals surface area contributed by atoms with Crippen LogP contribution in [0.25, 0.3) is 0 Å². The Balaban J connectivity index is 2.20. The van der Waals surface area contributed by atoms with Gasteiger partial charge in [-0.3, -0.25) is 4.79 Å². The van der Waals surface area contributed by atoms with Gasteiger partial charge in [0.05, 0.1) is 19.3 Å². The Bertz CT molecular complexity index is 573.